The predicted octanol–water partition coefficient (Wildman–Crippen LogP) is 3.09. The molecule has 1 heterocycles. The summed E-state index contributed by atoms with van der Waals surface area (Å²) in [6, 6.07) is 12.4. The van der Waals surface area contributed by atoms with Gasteiger partial charge in [0.15, 0.2) is 0 Å². The second kappa shape index (κ2) is 6.83. The third-order valence-corrected chi connectivity index (χ3v) is 5.68. The Morgan fingerprint density at radius 2 is 1.81 bits per heavy atom. The second-order valence-corrected chi connectivity index (χ2v) is 8.62. The Morgan fingerprint density at radius 3 is 2.56 bits per heavy atom. The van der Waals surface area contributed by atoms with Crippen LogP contribution in [-0.2, 0) is 28.6 Å². The molecule has 4 N–H and O–H groups in total. The number of aromatic nitrogens is 1. The molecule has 4 rings (SSSR count). The topological polar surface area (TPSA) is 105 Å². The zero-order chi connectivity index (χ0) is 19.0. The normalized spacial score (nSPS) is 14.1. The molecule has 0 fully saturated rings. The van der Waals surface area contributed by atoms with Crippen LogP contribution in [0, 0.1) is 0 Å². The van der Waals surface area contributed by atoms with Crippen LogP contribution in [0.5, 0.6) is 0 Å². The van der Waals surface area contributed by atoms with Gasteiger partial charge in [-0.1, -0.05) is 12.1 Å². The lowest BCUT2D eigenvalue weighted by Gasteiger charge is -2.10. The molecule has 0 saturated carbocycles. The van der Waals surface area contributed by atoms with Crippen LogP contribution < -0.4 is 10.5 Å². The summed E-state index contributed by atoms with van der Waals surface area (Å²) in [5.41, 5.74) is 5.48. The minimum Gasteiger partial charge on any atom is -0.358 e. The number of nitrogens with one attached hydrogen (secondary N) is 2. The van der Waals surface area contributed by atoms with Crippen molar-refractivity contribution in [1.82, 2.24) is 4.98 Å². The molecule has 0 unspecified atom stereocenters. The standard InChI is InChI=1S/C20H21N3O3S/c21-27(25,26)12-13-5-8-15(9-6-13)22-20(24)14-7-10-19-17(11-14)16-3-1-2-4-18(16)23-19/h5-11,23H,1-4,12H2,(H,22,24)(H2,21,25,26). The zero-order valence-electron chi connectivity index (χ0n) is 14.8. The summed E-state index contributed by atoms with van der Waals surface area (Å²) in [5, 5.41) is 9.03. The van der Waals surface area contributed by atoms with Crippen molar-refractivity contribution >= 4 is 32.5 Å². The number of amides is 1. The second-order valence-electron chi connectivity index (χ2n) is 7.01. The van der Waals surface area contributed by atoms with Crippen LogP contribution in [-0.4, -0.2) is 19.3 Å². The predicted molar refractivity (Wildman–Crippen MR) is 106 cm³/mol. The van der Waals surface area contributed by atoms with E-state index in [1.807, 2.05) is 18.2 Å². The van der Waals surface area contributed by atoms with Crippen molar-refractivity contribution in [2.45, 2.75) is 31.4 Å². The minimum atomic E-state index is -3.57. The van der Waals surface area contributed by atoms with Gasteiger partial charge >= 0.3 is 0 Å². The summed E-state index contributed by atoms with van der Waals surface area (Å²) >= 11 is 0. The number of anilines is 1. The van der Waals surface area contributed by atoms with Gasteiger partial charge in [-0.25, -0.2) is 13.6 Å². The van der Waals surface area contributed by atoms with Crippen molar-refractivity contribution in [3.63, 3.8) is 0 Å². The van der Waals surface area contributed by atoms with Crippen molar-refractivity contribution in [2.24, 2.45) is 5.14 Å². The van der Waals surface area contributed by atoms with E-state index in [9.17, 15) is 13.2 Å². The number of hydrogen-bond donors (Lipinski definition) is 3. The summed E-state index contributed by atoms with van der Waals surface area (Å²) in [6.45, 7) is 0. The first kappa shape index (κ1) is 17.8. The first-order chi connectivity index (χ1) is 12.9. The summed E-state index contributed by atoms with van der Waals surface area (Å²) in [6.07, 6.45) is 4.50. The fourth-order valence-electron chi connectivity index (χ4n) is 3.67. The summed E-state index contributed by atoms with van der Waals surface area (Å²) in [4.78, 5) is 16.1. The molecule has 0 aliphatic heterocycles. The first-order valence-corrected chi connectivity index (χ1v) is 10.6. The largest absolute Gasteiger partial charge is 0.358 e. The lowest BCUT2D eigenvalue weighted by atomic mass is 9.95. The number of hydrogen-bond acceptors (Lipinski definition) is 3. The molecule has 140 valence electrons. The van der Waals surface area contributed by atoms with E-state index in [-0.39, 0.29) is 11.7 Å². The number of H-pyrrole nitrogens is 1. The quantitative estimate of drug-likeness (QED) is 0.645. The van der Waals surface area contributed by atoms with Gasteiger partial charge in [0.1, 0.15) is 0 Å². The van der Waals surface area contributed by atoms with E-state index in [4.69, 9.17) is 5.14 Å². The molecule has 0 saturated heterocycles. The number of rotatable bonds is 4. The van der Waals surface area contributed by atoms with Crippen LogP contribution in [0.4, 0.5) is 5.69 Å². The Hall–Kier alpha value is -2.64. The molecule has 27 heavy (non-hydrogen) atoms. The average molecular weight is 383 g/mol. The lowest BCUT2D eigenvalue weighted by Crippen LogP contribution is -2.15. The molecule has 2 aromatic carbocycles. The van der Waals surface area contributed by atoms with Gasteiger partial charge in [-0.05, 0) is 67.1 Å². The van der Waals surface area contributed by atoms with Crippen molar-refractivity contribution in [1.29, 1.82) is 0 Å². The highest BCUT2D eigenvalue weighted by molar-refractivity contribution is 7.88. The molecule has 7 heteroatoms. The Morgan fingerprint density at radius 1 is 1.07 bits per heavy atom. The maximum atomic E-state index is 12.6. The summed E-state index contributed by atoms with van der Waals surface area (Å²) < 4.78 is 22.3. The van der Waals surface area contributed by atoms with Gasteiger partial charge in [-0.15, -0.1) is 0 Å². The van der Waals surface area contributed by atoms with E-state index in [0.717, 1.165) is 23.7 Å². The molecule has 0 spiro atoms. The maximum absolute atomic E-state index is 12.6. The van der Waals surface area contributed by atoms with E-state index in [0.29, 0.717) is 16.8 Å². The molecular weight excluding hydrogens is 362 g/mol. The van der Waals surface area contributed by atoms with Crippen LogP contribution in [0.3, 0.4) is 0 Å². The molecule has 1 aliphatic rings. The smallest absolute Gasteiger partial charge is 0.255 e. The number of nitrogens with two attached hydrogens (primary N) is 1. The zero-order valence-corrected chi connectivity index (χ0v) is 15.6. The molecule has 6 nitrogen and oxygen atoms in total. The third-order valence-electron chi connectivity index (χ3n) is 4.94. The molecular formula is C20H21N3O3S. The Kier molecular flexibility index (Phi) is 4.49. The summed E-state index contributed by atoms with van der Waals surface area (Å²) in [7, 11) is -3.57. The highest BCUT2D eigenvalue weighted by Crippen LogP contribution is 2.29. The Labute approximate surface area is 157 Å². The van der Waals surface area contributed by atoms with Gasteiger partial charge in [0.05, 0.1) is 5.75 Å². The monoisotopic (exact) mass is 383 g/mol. The van der Waals surface area contributed by atoms with Crippen LogP contribution in [0.25, 0.3) is 10.9 Å². The van der Waals surface area contributed by atoms with Crippen LogP contribution >= 0.6 is 0 Å². The number of carbonyl (C=O) groups excluding carboxylic acids is 1. The third kappa shape index (κ3) is 3.89. The molecule has 0 atom stereocenters. The Bertz CT molecular complexity index is 1120. The van der Waals surface area contributed by atoms with Crippen LogP contribution in [0.15, 0.2) is 42.5 Å². The van der Waals surface area contributed by atoms with Crippen LogP contribution in [0.2, 0.25) is 0 Å². The highest BCUT2D eigenvalue weighted by atomic mass is 32.2. The van der Waals surface area contributed by atoms with Gasteiger partial charge in [-0.2, -0.15) is 0 Å². The highest BCUT2D eigenvalue weighted by Gasteiger charge is 2.17. The SMILES string of the molecule is NS(=O)(=O)Cc1ccc(NC(=O)c2ccc3[nH]c4c(c3c2)CCCC4)cc1. The van der Waals surface area contributed by atoms with Crippen molar-refractivity contribution in [3.05, 3.63) is 64.8 Å². The molecule has 0 bridgehead atoms. The summed E-state index contributed by atoms with van der Waals surface area (Å²) in [5.74, 6) is -0.418. The maximum Gasteiger partial charge on any atom is 0.255 e. The van der Waals surface area contributed by atoms with Crippen molar-refractivity contribution < 1.29 is 13.2 Å². The Balaban J connectivity index is 1.54. The fraction of sp³-hybridized carbons (Fsp3) is 0.250. The molecule has 3 aromatic rings. The van der Waals surface area contributed by atoms with Crippen molar-refractivity contribution in [3.8, 4) is 0 Å². The van der Waals surface area contributed by atoms with E-state index >= 15 is 0 Å². The van der Waals surface area contributed by atoms with E-state index in [1.54, 1.807) is 24.3 Å². The number of carbonyl (C=O) groups is 1. The number of aryl methyl sites for hydroxylation is 2. The average Bonchev–Trinajstić information content (AvgIpc) is 3.00. The van der Waals surface area contributed by atoms with Gasteiger partial charge in [0, 0.05) is 27.8 Å². The number of primary sulfonamides is 1. The van der Waals surface area contributed by atoms with Gasteiger partial charge in [0.25, 0.3) is 5.91 Å². The number of sulfonamides is 1. The number of benzene rings is 2. The molecule has 1 amide bonds. The van der Waals surface area contributed by atoms with Crippen LogP contribution in [0.1, 0.15) is 40.0 Å². The first-order valence-electron chi connectivity index (χ1n) is 8.93. The lowest BCUT2D eigenvalue weighted by molar-refractivity contribution is 0.102. The van der Waals surface area contributed by atoms with E-state index in [2.05, 4.69) is 10.3 Å². The van der Waals surface area contributed by atoms with E-state index in [1.165, 1.54) is 24.1 Å². The van der Waals surface area contributed by atoms with Gasteiger partial charge < -0.3 is 10.3 Å². The molecule has 1 aromatic heterocycles. The van der Waals surface area contributed by atoms with Crippen molar-refractivity contribution in [2.75, 3.05) is 5.32 Å². The van der Waals surface area contributed by atoms with E-state index < -0.39 is 10.0 Å². The molecule has 0 radical (unpaired) electrons. The fourth-order valence-corrected chi connectivity index (χ4v) is 4.32. The minimum absolute atomic E-state index is 0.193. The number of aromatic amines is 1. The molecule has 1 aliphatic carbocycles. The van der Waals surface area contributed by atoms with Gasteiger partial charge in [-0.3, -0.25) is 4.79 Å². The number of fused-ring (bicyclic) bond motifs is 3. The van der Waals surface area contributed by atoms with Gasteiger partial charge in [0.2, 0.25) is 10.0 Å².